The van der Waals surface area contributed by atoms with E-state index in [1.165, 1.54) is 0 Å². The second-order valence-corrected chi connectivity index (χ2v) is 7.20. The number of aliphatic carboxylic acids is 1. The van der Waals surface area contributed by atoms with Crippen LogP contribution in [0.4, 0.5) is 13.2 Å². The molecule has 25 heavy (non-hydrogen) atoms. The third-order valence-electron chi connectivity index (χ3n) is 3.80. The van der Waals surface area contributed by atoms with Crippen LogP contribution < -0.4 is 0 Å². The Morgan fingerprint density at radius 2 is 1.96 bits per heavy atom. The molecule has 0 radical (unpaired) electrons. The number of carbonyl (C=O) groups is 2. The molecule has 2 rings (SSSR count). The molecule has 11 heteroatoms. The fourth-order valence-corrected chi connectivity index (χ4v) is 4.29. The molecule has 1 unspecified atom stereocenters. The maximum atomic E-state index is 13.2. The van der Waals surface area contributed by atoms with Crippen LogP contribution >= 0.6 is 0 Å². The van der Waals surface area contributed by atoms with Gasteiger partial charge in [0.25, 0.3) is 0 Å². The SMILES string of the molecule is COC(=O)c1ccc(S(=O)(=O)N2CCCC2C(=O)O)cc1C(F)(F)F. The zero-order valence-electron chi connectivity index (χ0n) is 12.9. The van der Waals surface area contributed by atoms with Crippen molar-refractivity contribution in [3.8, 4) is 0 Å². The largest absolute Gasteiger partial charge is 0.480 e. The topological polar surface area (TPSA) is 101 Å². The maximum Gasteiger partial charge on any atom is 0.417 e. The Morgan fingerprint density at radius 3 is 2.48 bits per heavy atom. The molecule has 1 aromatic rings. The van der Waals surface area contributed by atoms with Gasteiger partial charge in [-0.3, -0.25) is 4.79 Å². The Hall–Kier alpha value is -2.14. The number of sulfonamides is 1. The van der Waals surface area contributed by atoms with Gasteiger partial charge in [-0.2, -0.15) is 17.5 Å². The van der Waals surface area contributed by atoms with Crippen LogP contribution in [0.3, 0.4) is 0 Å². The molecule has 1 N–H and O–H groups in total. The molecule has 1 fully saturated rings. The Bertz CT molecular complexity index is 805. The van der Waals surface area contributed by atoms with E-state index in [0.717, 1.165) is 13.2 Å². The minimum atomic E-state index is -4.99. The van der Waals surface area contributed by atoms with Gasteiger partial charge < -0.3 is 9.84 Å². The zero-order chi connectivity index (χ0) is 19.0. The molecule has 1 atom stereocenters. The number of alkyl halides is 3. The van der Waals surface area contributed by atoms with Crippen molar-refractivity contribution < 1.29 is 41.0 Å². The number of methoxy groups -OCH3 is 1. The smallest absolute Gasteiger partial charge is 0.417 e. The van der Waals surface area contributed by atoms with E-state index in [1.807, 2.05) is 0 Å². The van der Waals surface area contributed by atoms with Crippen molar-refractivity contribution in [2.24, 2.45) is 0 Å². The van der Waals surface area contributed by atoms with Crippen LogP contribution in [0.2, 0.25) is 0 Å². The number of halogens is 3. The number of nitrogens with zero attached hydrogens (tertiary/aromatic N) is 1. The first kappa shape index (κ1) is 19.2. The first-order valence-electron chi connectivity index (χ1n) is 7.04. The molecule has 1 saturated heterocycles. The highest BCUT2D eigenvalue weighted by molar-refractivity contribution is 7.89. The highest BCUT2D eigenvalue weighted by atomic mass is 32.2. The Kier molecular flexibility index (Phi) is 5.09. The van der Waals surface area contributed by atoms with E-state index in [0.29, 0.717) is 16.4 Å². The van der Waals surface area contributed by atoms with Crippen molar-refractivity contribution in [3.63, 3.8) is 0 Å². The van der Waals surface area contributed by atoms with E-state index < -0.39 is 50.2 Å². The quantitative estimate of drug-likeness (QED) is 0.797. The molecule has 0 saturated carbocycles. The average Bonchev–Trinajstić information content (AvgIpc) is 3.03. The van der Waals surface area contributed by atoms with Gasteiger partial charge in [-0.25, -0.2) is 13.2 Å². The highest BCUT2D eigenvalue weighted by Crippen LogP contribution is 2.35. The zero-order valence-corrected chi connectivity index (χ0v) is 13.7. The Balaban J connectivity index is 2.56. The summed E-state index contributed by atoms with van der Waals surface area (Å²) in [5, 5.41) is 9.08. The van der Waals surface area contributed by atoms with Crippen LogP contribution in [-0.2, 0) is 25.7 Å². The van der Waals surface area contributed by atoms with Crippen molar-refractivity contribution in [1.29, 1.82) is 0 Å². The van der Waals surface area contributed by atoms with Crippen LogP contribution in [0, 0.1) is 0 Å². The maximum absolute atomic E-state index is 13.2. The lowest BCUT2D eigenvalue weighted by atomic mass is 10.1. The van der Waals surface area contributed by atoms with E-state index >= 15 is 0 Å². The molecule has 1 aliphatic rings. The molecular weight excluding hydrogens is 367 g/mol. The van der Waals surface area contributed by atoms with E-state index in [-0.39, 0.29) is 19.4 Å². The van der Waals surface area contributed by atoms with Gasteiger partial charge in [0, 0.05) is 6.54 Å². The normalized spacial score (nSPS) is 19.0. The summed E-state index contributed by atoms with van der Waals surface area (Å²) in [7, 11) is -3.57. The molecule has 0 aromatic heterocycles. The van der Waals surface area contributed by atoms with Crippen molar-refractivity contribution >= 4 is 22.0 Å². The lowest BCUT2D eigenvalue weighted by molar-refractivity contribution is -0.141. The molecule has 7 nitrogen and oxygen atoms in total. The van der Waals surface area contributed by atoms with Gasteiger partial charge in [-0.1, -0.05) is 0 Å². The van der Waals surface area contributed by atoms with Crippen LogP contribution in [0.15, 0.2) is 23.1 Å². The molecule has 1 aliphatic heterocycles. The van der Waals surface area contributed by atoms with E-state index in [9.17, 15) is 31.2 Å². The molecule has 0 amide bonds. The number of rotatable bonds is 4. The van der Waals surface area contributed by atoms with Gasteiger partial charge in [0.15, 0.2) is 0 Å². The lowest BCUT2D eigenvalue weighted by Crippen LogP contribution is -2.40. The number of esters is 1. The summed E-state index contributed by atoms with van der Waals surface area (Å²) < 4.78 is 69.6. The second-order valence-electron chi connectivity index (χ2n) is 5.31. The lowest BCUT2D eigenvalue weighted by Gasteiger charge is -2.22. The first-order valence-corrected chi connectivity index (χ1v) is 8.48. The standard InChI is InChI=1S/C14H14F3NO6S/c1-24-13(21)9-5-4-8(7-10(9)14(15,16)17)25(22,23)18-6-2-3-11(18)12(19)20/h4-5,7,11H,2-3,6H2,1H3,(H,19,20). The monoisotopic (exact) mass is 381 g/mol. The molecule has 0 bridgehead atoms. The number of carboxylic acids is 1. The third-order valence-corrected chi connectivity index (χ3v) is 5.70. The van der Waals surface area contributed by atoms with Crippen LogP contribution in [0.1, 0.15) is 28.8 Å². The molecule has 1 heterocycles. The summed E-state index contributed by atoms with van der Waals surface area (Å²) in [6, 6.07) is 0.514. The van der Waals surface area contributed by atoms with E-state index in [4.69, 9.17) is 5.11 Å². The summed E-state index contributed by atoms with van der Waals surface area (Å²) in [5.74, 6) is -2.64. The van der Waals surface area contributed by atoms with Gasteiger partial charge >= 0.3 is 18.1 Å². The number of carbonyl (C=O) groups excluding carboxylic acids is 1. The molecule has 0 spiro atoms. The molecule has 138 valence electrons. The minimum absolute atomic E-state index is 0.0704. The number of hydrogen-bond donors (Lipinski definition) is 1. The van der Waals surface area contributed by atoms with Crippen molar-refractivity contribution in [3.05, 3.63) is 29.3 Å². The summed E-state index contributed by atoms with van der Waals surface area (Å²) in [5.41, 5.74) is -2.29. The van der Waals surface area contributed by atoms with Crippen LogP contribution in [0.5, 0.6) is 0 Å². The number of ether oxygens (including phenoxy) is 1. The number of hydrogen-bond acceptors (Lipinski definition) is 5. The van der Waals surface area contributed by atoms with Gasteiger partial charge in [-0.05, 0) is 31.0 Å². The van der Waals surface area contributed by atoms with Crippen LogP contribution in [0.25, 0.3) is 0 Å². The third kappa shape index (κ3) is 3.61. The minimum Gasteiger partial charge on any atom is -0.480 e. The molecule has 1 aromatic carbocycles. The summed E-state index contributed by atoms with van der Waals surface area (Å²) in [6.45, 7) is -0.112. The summed E-state index contributed by atoms with van der Waals surface area (Å²) in [6.07, 6.45) is -4.64. The van der Waals surface area contributed by atoms with Crippen molar-refractivity contribution in [2.45, 2.75) is 30.0 Å². The van der Waals surface area contributed by atoms with E-state index in [2.05, 4.69) is 4.74 Å². The van der Waals surface area contributed by atoms with Crippen molar-refractivity contribution in [2.75, 3.05) is 13.7 Å². The van der Waals surface area contributed by atoms with E-state index in [1.54, 1.807) is 0 Å². The average molecular weight is 381 g/mol. The predicted octanol–water partition coefficient (Wildman–Crippen LogP) is 1.73. The van der Waals surface area contributed by atoms with Crippen molar-refractivity contribution in [1.82, 2.24) is 4.31 Å². The molecular formula is C14H14F3NO6S. The summed E-state index contributed by atoms with van der Waals surface area (Å²) in [4.78, 5) is 21.9. The fourth-order valence-electron chi connectivity index (χ4n) is 2.62. The van der Waals surface area contributed by atoms with Gasteiger partial charge in [0.2, 0.25) is 10.0 Å². The van der Waals surface area contributed by atoms with Gasteiger partial charge in [-0.15, -0.1) is 0 Å². The van der Waals surface area contributed by atoms with Crippen LogP contribution in [-0.4, -0.2) is 49.5 Å². The number of benzene rings is 1. The Morgan fingerprint density at radius 1 is 1.32 bits per heavy atom. The fraction of sp³-hybridized carbons (Fsp3) is 0.429. The first-order chi connectivity index (χ1) is 11.5. The Labute approximate surface area is 141 Å². The predicted molar refractivity (Wildman–Crippen MR) is 77.3 cm³/mol. The summed E-state index contributed by atoms with van der Waals surface area (Å²) >= 11 is 0. The molecule has 0 aliphatic carbocycles. The van der Waals surface area contributed by atoms with Gasteiger partial charge in [0.1, 0.15) is 6.04 Å². The number of carboxylic acid groups (broad SMARTS) is 1. The highest BCUT2D eigenvalue weighted by Gasteiger charge is 2.42. The second kappa shape index (κ2) is 6.64. The van der Waals surface area contributed by atoms with Gasteiger partial charge in [0.05, 0.1) is 23.1 Å².